The zero-order valence-electron chi connectivity index (χ0n) is 15.8. The maximum atomic E-state index is 13.8. The number of rotatable bonds is 3. The molecule has 148 valence electrons. The molecular formula is C21H18BrN3O4. The van der Waals surface area contributed by atoms with Crippen LogP contribution in [0.5, 0.6) is 0 Å². The number of nitriles is 2. The summed E-state index contributed by atoms with van der Waals surface area (Å²) in [5.41, 5.74) is 0.0386. The van der Waals surface area contributed by atoms with Gasteiger partial charge in [-0.3, -0.25) is 14.5 Å². The normalized spacial score (nSPS) is 27.2. The fraction of sp³-hybridized carbons (Fsp3) is 0.429. The van der Waals surface area contributed by atoms with Gasteiger partial charge in [0, 0.05) is 21.9 Å². The molecule has 0 N–H and O–H groups in total. The molecule has 4 rings (SSSR count). The highest BCUT2D eigenvalue weighted by atomic mass is 79.9. The van der Waals surface area contributed by atoms with Gasteiger partial charge in [-0.25, -0.2) is 0 Å². The Morgan fingerprint density at radius 3 is 2.86 bits per heavy atom. The predicted octanol–water partition coefficient (Wildman–Crippen LogP) is 3.30. The van der Waals surface area contributed by atoms with Crippen LogP contribution >= 0.6 is 15.9 Å². The minimum absolute atomic E-state index is 0.108. The molecule has 1 spiro atoms. The van der Waals surface area contributed by atoms with E-state index in [-0.39, 0.29) is 30.7 Å². The van der Waals surface area contributed by atoms with Gasteiger partial charge in [-0.05, 0) is 31.9 Å². The lowest BCUT2D eigenvalue weighted by Crippen LogP contribution is -2.52. The quantitative estimate of drug-likeness (QED) is 0.647. The van der Waals surface area contributed by atoms with Crippen LogP contribution in [0.15, 0.2) is 34.0 Å². The second kappa shape index (κ2) is 7.20. The van der Waals surface area contributed by atoms with Crippen LogP contribution in [0.25, 0.3) is 0 Å². The molecule has 0 saturated heterocycles. The van der Waals surface area contributed by atoms with E-state index in [1.807, 2.05) is 12.1 Å². The van der Waals surface area contributed by atoms with E-state index < -0.39 is 17.5 Å². The molecule has 1 aromatic rings. The summed E-state index contributed by atoms with van der Waals surface area (Å²) in [6.07, 6.45) is 2.23. The first-order chi connectivity index (χ1) is 14.0. The lowest BCUT2D eigenvalue weighted by atomic mass is 9.71. The van der Waals surface area contributed by atoms with E-state index in [1.165, 1.54) is 4.90 Å². The molecule has 2 aliphatic heterocycles. The molecular weight excluding hydrogens is 438 g/mol. The van der Waals surface area contributed by atoms with Gasteiger partial charge in [0.1, 0.15) is 12.6 Å². The van der Waals surface area contributed by atoms with Crippen LogP contribution in [0.1, 0.15) is 31.7 Å². The van der Waals surface area contributed by atoms with Crippen LogP contribution in [0.3, 0.4) is 0 Å². The van der Waals surface area contributed by atoms with E-state index in [2.05, 4.69) is 22.0 Å². The van der Waals surface area contributed by atoms with Gasteiger partial charge in [-0.1, -0.05) is 28.4 Å². The van der Waals surface area contributed by atoms with Crippen molar-refractivity contribution in [3.05, 3.63) is 39.6 Å². The van der Waals surface area contributed by atoms with Crippen molar-refractivity contribution >= 4 is 33.5 Å². The van der Waals surface area contributed by atoms with Gasteiger partial charge in [0.05, 0.1) is 23.9 Å². The molecule has 3 atom stereocenters. The van der Waals surface area contributed by atoms with E-state index >= 15 is 0 Å². The second-order valence-corrected chi connectivity index (χ2v) is 8.13. The molecule has 29 heavy (non-hydrogen) atoms. The Hall–Kier alpha value is -2.84. The summed E-state index contributed by atoms with van der Waals surface area (Å²) < 4.78 is 11.8. The number of hydrogen-bond acceptors (Lipinski definition) is 6. The first-order valence-corrected chi connectivity index (χ1v) is 10.3. The largest absolute Gasteiger partial charge is 0.465 e. The number of ether oxygens (including phenoxy) is 2. The SMILES string of the molecule is CCOC(=O)CN1C(=O)C2(OC(C#N)=C(C#N)C3CCCC32)c2c(Br)cccc21. The van der Waals surface area contributed by atoms with Gasteiger partial charge in [0.15, 0.2) is 0 Å². The molecule has 1 aliphatic carbocycles. The maximum Gasteiger partial charge on any atom is 0.326 e. The van der Waals surface area contributed by atoms with Gasteiger partial charge < -0.3 is 9.47 Å². The number of carbonyl (C=O) groups excluding carboxylic acids is 2. The Morgan fingerprint density at radius 2 is 2.17 bits per heavy atom. The number of nitrogens with zero attached hydrogens (tertiary/aromatic N) is 3. The number of allylic oxidation sites excluding steroid dienone is 2. The molecule has 1 fully saturated rings. The molecule has 1 amide bonds. The van der Waals surface area contributed by atoms with E-state index in [0.29, 0.717) is 27.7 Å². The summed E-state index contributed by atoms with van der Waals surface area (Å²) in [6.45, 7) is 1.68. The van der Waals surface area contributed by atoms with Crippen molar-refractivity contribution in [2.24, 2.45) is 11.8 Å². The minimum Gasteiger partial charge on any atom is -0.465 e. The Balaban J connectivity index is 1.91. The minimum atomic E-state index is -1.44. The van der Waals surface area contributed by atoms with E-state index in [1.54, 1.807) is 19.1 Å². The number of carbonyl (C=O) groups is 2. The number of fused-ring (bicyclic) bond motifs is 4. The number of halogens is 1. The van der Waals surface area contributed by atoms with Crippen molar-refractivity contribution in [2.45, 2.75) is 31.8 Å². The van der Waals surface area contributed by atoms with Gasteiger partial charge in [-0.15, -0.1) is 0 Å². The highest BCUT2D eigenvalue weighted by Crippen LogP contribution is 2.60. The average molecular weight is 456 g/mol. The first-order valence-electron chi connectivity index (χ1n) is 9.49. The number of amides is 1. The molecule has 3 aliphatic rings. The third kappa shape index (κ3) is 2.67. The molecule has 0 radical (unpaired) electrons. The summed E-state index contributed by atoms with van der Waals surface area (Å²) in [6, 6.07) is 9.44. The monoisotopic (exact) mass is 455 g/mol. The molecule has 2 heterocycles. The van der Waals surface area contributed by atoms with Crippen LogP contribution in [-0.4, -0.2) is 25.0 Å². The van der Waals surface area contributed by atoms with Gasteiger partial charge in [0.2, 0.25) is 11.4 Å². The highest BCUT2D eigenvalue weighted by molar-refractivity contribution is 9.10. The molecule has 3 unspecified atom stereocenters. The van der Waals surface area contributed by atoms with Crippen LogP contribution in [0.2, 0.25) is 0 Å². The Kier molecular flexibility index (Phi) is 4.84. The van der Waals surface area contributed by atoms with Gasteiger partial charge in [0.25, 0.3) is 5.91 Å². The lowest BCUT2D eigenvalue weighted by molar-refractivity contribution is -0.151. The highest BCUT2D eigenvalue weighted by Gasteiger charge is 2.64. The zero-order valence-corrected chi connectivity index (χ0v) is 17.4. The van der Waals surface area contributed by atoms with Gasteiger partial charge in [-0.2, -0.15) is 10.5 Å². The summed E-state index contributed by atoms with van der Waals surface area (Å²) in [5, 5.41) is 19.3. The third-order valence-corrected chi connectivity index (χ3v) is 6.61. The topological polar surface area (TPSA) is 103 Å². The van der Waals surface area contributed by atoms with Crippen LogP contribution in [0, 0.1) is 34.5 Å². The smallest absolute Gasteiger partial charge is 0.326 e. The van der Waals surface area contributed by atoms with E-state index in [9.17, 15) is 20.1 Å². The Bertz CT molecular complexity index is 1020. The number of anilines is 1. The van der Waals surface area contributed by atoms with Crippen LogP contribution in [0.4, 0.5) is 5.69 Å². The number of esters is 1. The van der Waals surface area contributed by atoms with Crippen molar-refractivity contribution in [3.63, 3.8) is 0 Å². The standard InChI is InChI=1S/C21H18BrN3O4/c1-2-28-18(26)11-25-16-8-4-7-15(22)19(16)21(20(25)27)14-6-3-5-12(14)13(9-23)17(10-24)29-21/h4,7-8,12,14H,2-3,5-6,11H2,1H3. The number of hydrogen-bond donors (Lipinski definition) is 0. The van der Waals surface area contributed by atoms with Crippen molar-refractivity contribution in [2.75, 3.05) is 18.1 Å². The zero-order chi connectivity index (χ0) is 20.8. The van der Waals surface area contributed by atoms with Gasteiger partial charge >= 0.3 is 5.97 Å². The molecule has 0 bridgehead atoms. The fourth-order valence-corrected chi connectivity index (χ4v) is 5.57. The molecule has 8 heteroatoms. The van der Waals surface area contributed by atoms with Crippen molar-refractivity contribution in [3.8, 4) is 12.1 Å². The molecule has 1 saturated carbocycles. The van der Waals surface area contributed by atoms with E-state index in [4.69, 9.17) is 9.47 Å². The third-order valence-electron chi connectivity index (χ3n) is 5.95. The van der Waals surface area contributed by atoms with Crippen molar-refractivity contribution < 1.29 is 19.1 Å². The lowest BCUT2D eigenvalue weighted by Gasteiger charge is -2.41. The first kappa shape index (κ1) is 19.5. The Labute approximate surface area is 176 Å². The van der Waals surface area contributed by atoms with E-state index in [0.717, 1.165) is 12.8 Å². The molecule has 1 aromatic carbocycles. The maximum absolute atomic E-state index is 13.8. The average Bonchev–Trinajstić information content (AvgIpc) is 3.28. The molecule has 7 nitrogen and oxygen atoms in total. The van der Waals surface area contributed by atoms with Crippen molar-refractivity contribution in [1.82, 2.24) is 0 Å². The number of benzene rings is 1. The van der Waals surface area contributed by atoms with Crippen LogP contribution in [-0.2, 0) is 24.7 Å². The molecule has 0 aromatic heterocycles. The van der Waals surface area contributed by atoms with Crippen LogP contribution < -0.4 is 4.90 Å². The summed E-state index contributed by atoms with van der Waals surface area (Å²) in [4.78, 5) is 27.3. The second-order valence-electron chi connectivity index (χ2n) is 7.28. The summed E-state index contributed by atoms with van der Waals surface area (Å²) in [7, 11) is 0. The fourth-order valence-electron chi connectivity index (χ4n) is 4.92. The Morgan fingerprint density at radius 1 is 1.38 bits per heavy atom. The summed E-state index contributed by atoms with van der Waals surface area (Å²) in [5.74, 6) is -1.53. The predicted molar refractivity (Wildman–Crippen MR) is 105 cm³/mol. The summed E-state index contributed by atoms with van der Waals surface area (Å²) >= 11 is 3.54. The van der Waals surface area contributed by atoms with Crippen molar-refractivity contribution in [1.29, 1.82) is 10.5 Å².